The molecule has 0 saturated carbocycles. The van der Waals surface area contributed by atoms with Crippen LogP contribution in [0.25, 0.3) is 0 Å². The Labute approximate surface area is 137 Å². The van der Waals surface area contributed by atoms with Gasteiger partial charge in [-0.2, -0.15) is 0 Å². The Morgan fingerprint density at radius 3 is 2.52 bits per heavy atom. The first-order valence-corrected chi connectivity index (χ1v) is 8.53. The van der Waals surface area contributed by atoms with Crippen molar-refractivity contribution in [2.75, 3.05) is 25.0 Å². The molecule has 0 bridgehead atoms. The maximum Gasteiger partial charge on any atom is 0.0418 e. The van der Waals surface area contributed by atoms with Crippen molar-refractivity contribution in [2.24, 2.45) is 5.41 Å². The lowest BCUT2D eigenvalue weighted by atomic mass is 9.83. The van der Waals surface area contributed by atoms with Crippen LogP contribution in [0.3, 0.4) is 0 Å². The van der Waals surface area contributed by atoms with Gasteiger partial charge in [-0.3, -0.25) is 0 Å². The predicted octanol–water partition coefficient (Wildman–Crippen LogP) is 4.91. The molecule has 1 aliphatic rings. The van der Waals surface area contributed by atoms with E-state index in [1.54, 1.807) is 5.57 Å². The molecule has 1 heterocycles. The molecule has 0 radical (unpaired) electrons. The lowest BCUT2D eigenvalue weighted by molar-refractivity contribution is 0.472. The van der Waals surface area contributed by atoms with Crippen LogP contribution in [-0.2, 0) is 0 Å². The molecule has 0 amide bonds. The van der Waals surface area contributed by atoms with E-state index in [4.69, 9.17) is 0 Å². The van der Waals surface area contributed by atoms with Gasteiger partial charge in [0.1, 0.15) is 0 Å². The van der Waals surface area contributed by atoms with E-state index in [0.717, 1.165) is 24.0 Å². The molecule has 2 rings (SSSR count). The Morgan fingerprint density at radius 2 is 2.00 bits per heavy atom. The van der Waals surface area contributed by atoms with Crippen LogP contribution in [0.4, 0.5) is 5.69 Å². The minimum absolute atomic E-state index is 0.299. The number of hydrogen-bond donors (Lipinski definition) is 1. The van der Waals surface area contributed by atoms with Gasteiger partial charge >= 0.3 is 0 Å². The quantitative estimate of drug-likeness (QED) is 0.778. The molecule has 1 unspecified atom stereocenters. The van der Waals surface area contributed by atoms with Crippen molar-refractivity contribution in [3.63, 3.8) is 0 Å². The average Bonchev–Trinajstić information content (AvgIpc) is 2.45. The van der Waals surface area contributed by atoms with E-state index in [-0.39, 0.29) is 0 Å². The van der Waals surface area contributed by atoms with Crippen molar-refractivity contribution in [1.82, 2.24) is 5.32 Å². The monoisotopic (exact) mass is 350 g/mol. The van der Waals surface area contributed by atoms with Crippen LogP contribution in [0, 0.1) is 5.41 Å². The summed E-state index contributed by atoms with van der Waals surface area (Å²) in [5.41, 5.74) is 4.59. The number of anilines is 1. The van der Waals surface area contributed by atoms with Crippen LogP contribution in [0.15, 0.2) is 34.3 Å². The number of rotatable bonds is 3. The molecule has 3 heteroatoms. The van der Waals surface area contributed by atoms with E-state index in [0.29, 0.717) is 11.5 Å². The van der Waals surface area contributed by atoms with Gasteiger partial charge in [-0.1, -0.05) is 48.4 Å². The number of hydrogen-bond acceptors (Lipinski definition) is 2. The number of nitrogens with zero attached hydrogens (tertiary/aromatic N) is 1. The van der Waals surface area contributed by atoms with Gasteiger partial charge < -0.3 is 10.2 Å². The third-order valence-corrected chi connectivity index (χ3v) is 4.90. The van der Waals surface area contributed by atoms with Crippen LogP contribution in [-0.4, -0.2) is 20.1 Å². The van der Waals surface area contributed by atoms with E-state index < -0.39 is 0 Å². The summed E-state index contributed by atoms with van der Waals surface area (Å²) in [6.07, 6.45) is 3.58. The normalized spacial score (nSPS) is 17.6. The van der Waals surface area contributed by atoms with Crippen LogP contribution >= 0.6 is 15.9 Å². The molecule has 2 nitrogen and oxygen atoms in total. The topological polar surface area (TPSA) is 15.3 Å². The summed E-state index contributed by atoms with van der Waals surface area (Å²) in [5, 5.41) is 3.36. The molecule has 0 aliphatic carbocycles. The van der Waals surface area contributed by atoms with Crippen LogP contribution in [0.5, 0.6) is 0 Å². The zero-order chi connectivity index (χ0) is 15.6. The van der Waals surface area contributed by atoms with Gasteiger partial charge in [0.15, 0.2) is 0 Å². The van der Waals surface area contributed by atoms with Crippen LogP contribution in [0.1, 0.15) is 45.7 Å². The van der Waals surface area contributed by atoms with E-state index in [1.165, 1.54) is 11.3 Å². The molecular formula is C18H27BrN2. The highest BCUT2D eigenvalue weighted by Crippen LogP contribution is 2.34. The van der Waals surface area contributed by atoms with Crippen molar-refractivity contribution in [1.29, 1.82) is 0 Å². The van der Waals surface area contributed by atoms with Crippen molar-refractivity contribution in [2.45, 2.75) is 40.2 Å². The first-order chi connectivity index (χ1) is 9.82. The lowest BCUT2D eigenvalue weighted by Gasteiger charge is -2.35. The summed E-state index contributed by atoms with van der Waals surface area (Å²) >= 11 is 3.60. The van der Waals surface area contributed by atoms with E-state index >= 15 is 0 Å². The second kappa shape index (κ2) is 6.53. The maximum absolute atomic E-state index is 3.60. The number of halogens is 1. The maximum atomic E-state index is 3.60. The molecule has 1 aromatic rings. The smallest absolute Gasteiger partial charge is 0.0418 e. The van der Waals surface area contributed by atoms with Gasteiger partial charge in [0.2, 0.25) is 0 Å². The molecular weight excluding hydrogens is 324 g/mol. The molecule has 0 saturated heterocycles. The highest BCUT2D eigenvalue weighted by molar-refractivity contribution is 9.10. The molecule has 0 spiro atoms. The molecule has 0 aromatic heterocycles. The highest BCUT2D eigenvalue weighted by atomic mass is 79.9. The van der Waals surface area contributed by atoms with E-state index in [9.17, 15) is 0 Å². The third kappa shape index (κ3) is 3.89. The van der Waals surface area contributed by atoms with Crippen molar-refractivity contribution < 1.29 is 0 Å². The second-order valence-electron chi connectivity index (χ2n) is 6.89. The van der Waals surface area contributed by atoms with Gasteiger partial charge in [-0.15, -0.1) is 0 Å². The predicted molar refractivity (Wildman–Crippen MR) is 96.0 cm³/mol. The SMILES string of the molecule is CNC(C)c1cc(Br)ccc1N1CC=C(C(C)(C)C)CC1. The number of nitrogens with one attached hydrogen (secondary N) is 1. The fourth-order valence-corrected chi connectivity index (χ4v) is 3.26. The Balaban J connectivity index is 2.26. The summed E-state index contributed by atoms with van der Waals surface area (Å²) in [6.45, 7) is 11.3. The van der Waals surface area contributed by atoms with Crippen molar-refractivity contribution in [3.8, 4) is 0 Å². The van der Waals surface area contributed by atoms with Gasteiger partial charge in [0, 0.05) is 29.3 Å². The molecule has 0 fully saturated rings. The standard InChI is InChI=1S/C18H27BrN2/c1-13(20-5)16-12-15(19)6-7-17(16)21-10-8-14(9-11-21)18(2,3)4/h6-8,12-13,20H,9-11H2,1-5H3. The van der Waals surface area contributed by atoms with Crippen molar-refractivity contribution >= 4 is 21.6 Å². The second-order valence-corrected chi connectivity index (χ2v) is 7.80. The average molecular weight is 351 g/mol. The molecule has 1 aromatic carbocycles. The molecule has 1 aliphatic heterocycles. The van der Waals surface area contributed by atoms with Crippen molar-refractivity contribution in [3.05, 3.63) is 39.9 Å². The number of benzene rings is 1. The Morgan fingerprint density at radius 1 is 1.29 bits per heavy atom. The Bertz CT molecular complexity index is 529. The first-order valence-electron chi connectivity index (χ1n) is 7.74. The molecule has 21 heavy (non-hydrogen) atoms. The Hall–Kier alpha value is -0.800. The molecule has 1 N–H and O–H groups in total. The van der Waals surface area contributed by atoms with Gasteiger partial charge in [0.25, 0.3) is 0 Å². The van der Waals surface area contributed by atoms with Crippen LogP contribution in [0.2, 0.25) is 0 Å². The first kappa shape index (κ1) is 16.6. The Kier molecular flexibility index (Phi) is 5.15. The lowest BCUT2D eigenvalue weighted by Crippen LogP contribution is -2.32. The summed E-state index contributed by atoms with van der Waals surface area (Å²) in [7, 11) is 2.02. The fourth-order valence-electron chi connectivity index (χ4n) is 2.88. The zero-order valence-electron chi connectivity index (χ0n) is 13.8. The molecule has 116 valence electrons. The summed E-state index contributed by atoms with van der Waals surface area (Å²) < 4.78 is 1.14. The van der Waals surface area contributed by atoms with E-state index in [1.807, 2.05) is 7.05 Å². The zero-order valence-corrected chi connectivity index (χ0v) is 15.4. The fraction of sp³-hybridized carbons (Fsp3) is 0.556. The van der Waals surface area contributed by atoms with Gasteiger partial charge in [-0.05, 0) is 49.6 Å². The summed E-state index contributed by atoms with van der Waals surface area (Å²) in [4.78, 5) is 2.49. The van der Waals surface area contributed by atoms with Crippen LogP contribution < -0.4 is 10.2 Å². The highest BCUT2D eigenvalue weighted by Gasteiger charge is 2.23. The third-order valence-electron chi connectivity index (χ3n) is 4.40. The minimum atomic E-state index is 0.299. The van der Waals surface area contributed by atoms with Gasteiger partial charge in [-0.25, -0.2) is 0 Å². The van der Waals surface area contributed by atoms with E-state index in [2.05, 4.69) is 78.1 Å². The summed E-state index contributed by atoms with van der Waals surface area (Å²) in [5.74, 6) is 0. The summed E-state index contributed by atoms with van der Waals surface area (Å²) in [6, 6.07) is 6.97. The minimum Gasteiger partial charge on any atom is -0.367 e. The molecule has 1 atom stereocenters. The largest absolute Gasteiger partial charge is 0.367 e. The van der Waals surface area contributed by atoms with Gasteiger partial charge in [0.05, 0.1) is 0 Å².